The van der Waals surface area contributed by atoms with E-state index in [1.807, 2.05) is 0 Å². The fourth-order valence-electron chi connectivity index (χ4n) is 2.03. The van der Waals surface area contributed by atoms with E-state index in [0.717, 1.165) is 10.7 Å². The zero-order chi connectivity index (χ0) is 11.8. The molecule has 1 atom stereocenters. The molecule has 2 nitrogen and oxygen atoms in total. The largest absolute Gasteiger partial charge is 0.322 e. The van der Waals surface area contributed by atoms with Gasteiger partial charge >= 0.3 is 0 Å². The molecule has 1 aliphatic rings. The van der Waals surface area contributed by atoms with E-state index in [9.17, 15) is 0 Å². The molecule has 0 saturated heterocycles. The van der Waals surface area contributed by atoms with Crippen molar-refractivity contribution in [1.29, 1.82) is 0 Å². The zero-order valence-corrected chi connectivity index (χ0v) is 10.7. The predicted molar refractivity (Wildman–Crippen MR) is 71.9 cm³/mol. The van der Waals surface area contributed by atoms with Gasteiger partial charge in [0.05, 0.1) is 11.7 Å². The van der Waals surface area contributed by atoms with Gasteiger partial charge in [-0.05, 0) is 31.7 Å². The highest BCUT2D eigenvalue weighted by Gasteiger charge is 2.31. The maximum atomic E-state index is 6.17. The Morgan fingerprint density at radius 1 is 1.41 bits per heavy atom. The van der Waals surface area contributed by atoms with E-state index in [1.165, 1.54) is 24.0 Å². The molecule has 1 saturated carbocycles. The van der Waals surface area contributed by atoms with Crippen LogP contribution in [0.25, 0.3) is 11.3 Å². The average Bonchev–Trinajstić information content (AvgIpc) is 3.05. The van der Waals surface area contributed by atoms with Crippen LogP contribution in [0.1, 0.15) is 29.5 Å². The smallest absolute Gasteiger partial charge is 0.110 e. The number of aryl methyl sites for hydroxylation is 1. The van der Waals surface area contributed by atoms with Crippen molar-refractivity contribution in [3.05, 3.63) is 40.2 Å². The summed E-state index contributed by atoms with van der Waals surface area (Å²) in [6.07, 6.45) is 2.53. The Bertz CT molecular complexity index is 529. The van der Waals surface area contributed by atoms with Crippen molar-refractivity contribution in [3.8, 4) is 11.3 Å². The monoisotopic (exact) mass is 244 g/mol. The topological polar surface area (TPSA) is 38.9 Å². The molecule has 2 aromatic rings. The molecule has 1 fully saturated rings. The van der Waals surface area contributed by atoms with Gasteiger partial charge in [-0.2, -0.15) is 0 Å². The van der Waals surface area contributed by atoms with Gasteiger partial charge in [-0.25, -0.2) is 4.98 Å². The Kier molecular flexibility index (Phi) is 2.73. The normalized spacial score (nSPS) is 17.1. The fraction of sp³-hybridized carbons (Fsp3) is 0.357. The van der Waals surface area contributed by atoms with Crippen LogP contribution >= 0.6 is 11.3 Å². The van der Waals surface area contributed by atoms with Crippen molar-refractivity contribution >= 4 is 11.3 Å². The van der Waals surface area contributed by atoms with E-state index < -0.39 is 0 Å². The molecule has 0 amide bonds. The van der Waals surface area contributed by atoms with Gasteiger partial charge in [0.1, 0.15) is 5.01 Å². The first-order valence-electron chi connectivity index (χ1n) is 6.02. The lowest BCUT2D eigenvalue weighted by molar-refractivity contribution is 0.629. The molecular formula is C14H16N2S. The first-order valence-corrected chi connectivity index (χ1v) is 6.90. The van der Waals surface area contributed by atoms with Gasteiger partial charge in [-0.3, -0.25) is 0 Å². The highest BCUT2D eigenvalue weighted by molar-refractivity contribution is 7.10. The number of aromatic nitrogens is 1. The van der Waals surface area contributed by atoms with E-state index in [4.69, 9.17) is 5.73 Å². The summed E-state index contributed by atoms with van der Waals surface area (Å²) in [4.78, 5) is 4.68. The van der Waals surface area contributed by atoms with Gasteiger partial charge in [0.2, 0.25) is 0 Å². The second kappa shape index (κ2) is 4.24. The Hall–Kier alpha value is -1.19. The lowest BCUT2D eigenvalue weighted by atomic mass is 10.1. The first kappa shape index (κ1) is 10.9. The van der Waals surface area contributed by atoms with Crippen molar-refractivity contribution < 1.29 is 0 Å². The van der Waals surface area contributed by atoms with Crippen LogP contribution in [-0.4, -0.2) is 4.98 Å². The Morgan fingerprint density at radius 3 is 2.94 bits per heavy atom. The number of nitrogens with zero attached hydrogens (tertiary/aromatic N) is 1. The second-order valence-corrected chi connectivity index (χ2v) is 5.69. The van der Waals surface area contributed by atoms with Crippen LogP contribution in [0.3, 0.4) is 0 Å². The maximum Gasteiger partial charge on any atom is 0.110 e. The summed E-state index contributed by atoms with van der Waals surface area (Å²) >= 11 is 1.69. The third-order valence-corrected chi connectivity index (χ3v) is 4.20. The summed E-state index contributed by atoms with van der Waals surface area (Å²) in [5, 5.41) is 3.20. The molecule has 17 heavy (non-hydrogen) atoms. The van der Waals surface area contributed by atoms with Crippen molar-refractivity contribution in [3.63, 3.8) is 0 Å². The second-order valence-electron chi connectivity index (χ2n) is 4.80. The summed E-state index contributed by atoms with van der Waals surface area (Å²) in [5.74, 6) is 0.673. The Balaban J connectivity index is 1.89. The minimum absolute atomic E-state index is 0.151. The molecule has 0 aliphatic heterocycles. The van der Waals surface area contributed by atoms with E-state index >= 15 is 0 Å². The number of hydrogen-bond acceptors (Lipinski definition) is 3. The van der Waals surface area contributed by atoms with Gasteiger partial charge in [-0.1, -0.05) is 23.8 Å². The molecular weight excluding hydrogens is 228 g/mol. The number of hydrogen-bond donors (Lipinski definition) is 1. The molecule has 3 rings (SSSR count). The Morgan fingerprint density at radius 2 is 2.24 bits per heavy atom. The van der Waals surface area contributed by atoms with Crippen LogP contribution in [-0.2, 0) is 0 Å². The van der Waals surface area contributed by atoms with Gasteiger partial charge in [-0.15, -0.1) is 11.3 Å². The predicted octanol–water partition coefficient (Wildman–Crippen LogP) is 3.53. The molecule has 1 heterocycles. The lowest BCUT2D eigenvalue weighted by Crippen LogP contribution is -2.11. The van der Waals surface area contributed by atoms with Crippen LogP contribution in [0.4, 0.5) is 0 Å². The number of benzene rings is 1. The van der Waals surface area contributed by atoms with Crippen molar-refractivity contribution in [2.45, 2.75) is 25.8 Å². The van der Waals surface area contributed by atoms with E-state index in [-0.39, 0.29) is 6.04 Å². The van der Waals surface area contributed by atoms with Crippen molar-refractivity contribution in [1.82, 2.24) is 4.98 Å². The highest BCUT2D eigenvalue weighted by Crippen LogP contribution is 2.40. The average molecular weight is 244 g/mol. The SMILES string of the molecule is Cc1cccc(-c2csc(C(N)C3CC3)n2)c1. The van der Waals surface area contributed by atoms with Gasteiger partial charge in [0.25, 0.3) is 0 Å². The number of thiazole rings is 1. The van der Waals surface area contributed by atoms with Crippen LogP contribution in [0, 0.1) is 12.8 Å². The molecule has 1 unspecified atom stereocenters. The molecule has 1 aromatic carbocycles. The van der Waals surface area contributed by atoms with Crippen LogP contribution in [0.5, 0.6) is 0 Å². The summed E-state index contributed by atoms with van der Waals surface area (Å²) in [6, 6.07) is 8.60. The standard InChI is InChI=1S/C14H16N2S/c1-9-3-2-4-11(7-9)12-8-17-14(16-12)13(15)10-5-6-10/h2-4,7-8,10,13H,5-6,15H2,1H3. The van der Waals surface area contributed by atoms with Gasteiger partial charge < -0.3 is 5.73 Å². The summed E-state index contributed by atoms with van der Waals surface area (Å²) in [5.41, 5.74) is 9.69. The minimum Gasteiger partial charge on any atom is -0.322 e. The van der Waals surface area contributed by atoms with Crippen molar-refractivity contribution in [2.75, 3.05) is 0 Å². The highest BCUT2D eigenvalue weighted by atomic mass is 32.1. The van der Waals surface area contributed by atoms with Gasteiger partial charge in [0.15, 0.2) is 0 Å². The third kappa shape index (κ3) is 2.26. The fourth-order valence-corrected chi connectivity index (χ4v) is 2.96. The molecule has 0 spiro atoms. The Labute approximate surface area is 106 Å². The summed E-state index contributed by atoms with van der Waals surface area (Å²) in [7, 11) is 0. The number of nitrogens with two attached hydrogens (primary N) is 1. The minimum atomic E-state index is 0.151. The van der Waals surface area contributed by atoms with Crippen LogP contribution in [0.15, 0.2) is 29.6 Å². The summed E-state index contributed by atoms with van der Waals surface area (Å²) < 4.78 is 0. The summed E-state index contributed by atoms with van der Waals surface area (Å²) in [6.45, 7) is 2.10. The molecule has 88 valence electrons. The maximum absolute atomic E-state index is 6.17. The molecule has 1 aromatic heterocycles. The van der Waals surface area contributed by atoms with Crippen LogP contribution in [0.2, 0.25) is 0 Å². The zero-order valence-electron chi connectivity index (χ0n) is 9.89. The van der Waals surface area contributed by atoms with E-state index in [0.29, 0.717) is 5.92 Å². The lowest BCUT2D eigenvalue weighted by Gasteiger charge is -2.04. The molecule has 3 heteroatoms. The molecule has 1 aliphatic carbocycles. The quantitative estimate of drug-likeness (QED) is 0.897. The number of rotatable bonds is 3. The first-order chi connectivity index (χ1) is 8.24. The molecule has 2 N–H and O–H groups in total. The van der Waals surface area contributed by atoms with Crippen LogP contribution < -0.4 is 5.73 Å². The molecule has 0 radical (unpaired) electrons. The van der Waals surface area contributed by atoms with E-state index in [2.05, 4.69) is 41.6 Å². The van der Waals surface area contributed by atoms with Crippen molar-refractivity contribution in [2.24, 2.45) is 11.7 Å². The van der Waals surface area contributed by atoms with E-state index in [1.54, 1.807) is 11.3 Å². The molecule has 0 bridgehead atoms. The van der Waals surface area contributed by atoms with Gasteiger partial charge in [0, 0.05) is 10.9 Å². The third-order valence-electron chi connectivity index (χ3n) is 3.25.